The fourth-order valence-corrected chi connectivity index (χ4v) is 1.79. The summed E-state index contributed by atoms with van der Waals surface area (Å²) in [5, 5.41) is 21.5. The first-order chi connectivity index (χ1) is 9.86. The highest BCUT2D eigenvalue weighted by Crippen LogP contribution is 2.33. The Morgan fingerprint density at radius 3 is 2.38 bits per heavy atom. The highest BCUT2D eigenvalue weighted by molar-refractivity contribution is 9.10. The van der Waals surface area contributed by atoms with Gasteiger partial charge in [0.2, 0.25) is 5.88 Å². The molecule has 1 aromatic carbocycles. The van der Waals surface area contributed by atoms with Gasteiger partial charge in [0.05, 0.1) is 32.5 Å². The van der Waals surface area contributed by atoms with Crippen molar-refractivity contribution in [2.45, 2.75) is 0 Å². The van der Waals surface area contributed by atoms with Crippen molar-refractivity contribution < 1.29 is 14.6 Å². The van der Waals surface area contributed by atoms with Gasteiger partial charge >= 0.3 is 0 Å². The van der Waals surface area contributed by atoms with Gasteiger partial charge in [0.1, 0.15) is 5.82 Å². The van der Waals surface area contributed by atoms with Gasteiger partial charge in [-0.15, -0.1) is 0 Å². The predicted molar refractivity (Wildman–Crippen MR) is 76.2 cm³/mol. The Morgan fingerprint density at radius 1 is 1.10 bits per heavy atom. The summed E-state index contributed by atoms with van der Waals surface area (Å²) in [6.07, 6.45) is 0. The van der Waals surface area contributed by atoms with Crippen molar-refractivity contribution in [2.75, 3.05) is 5.73 Å². The maximum absolute atomic E-state index is 10.7. The van der Waals surface area contributed by atoms with E-state index < -0.39 is 9.85 Å². The molecule has 0 atom stereocenters. The average molecular weight is 355 g/mol. The molecule has 0 aliphatic heterocycles. The predicted octanol–water partition coefficient (Wildman–Crippen LogP) is 3.04. The van der Waals surface area contributed by atoms with Crippen molar-refractivity contribution in [1.29, 1.82) is 0 Å². The summed E-state index contributed by atoms with van der Waals surface area (Å²) >= 11 is 3.16. The lowest BCUT2D eigenvalue weighted by Gasteiger charge is -2.07. The number of hydrogen-bond acceptors (Lipinski definition) is 7. The van der Waals surface area contributed by atoms with Crippen LogP contribution in [0.15, 0.2) is 34.8 Å². The van der Waals surface area contributed by atoms with E-state index in [1.54, 1.807) is 0 Å². The number of pyridine rings is 1. The molecule has 108 valence electrons. The van der Waals surface area contributed by atoms with Crippen LogP contribution in [0.5, 0.6) is 11.6 Å². The van der Waals surface area contributed by atoms with Gasteiger partial charge in [0.15, 0.2) is 5.75 Å². The maximum Gasteiger partial charge on any atom is 0.278 e. The molecule has 2 aromatic rings. The molecule has 0 radical (unpaired) electrons. The number of hydrogen-bond donors (Lipinski definition) is 1. The Balaban J connectivity index is 2.40. The molecular formula is C11H7BrN4O5. The summed E-state index contributed by atoms with van der Waals surface area (Å²) < 4.78 is 5.76. The minimum Gasteiger partial charge on any atom is -0.437 e. The maximum atomic E-state index is 10.7. The van der Waals surface area contributed by atoms with Crippen molar-refractivity contribution in [3.05, 3.63) is 55.0 Å². The van der Waals surface area contributed by atoms with Crippen LogP contribution in [-0.4, -0.2) is 14.8 Å². The second-order valence-electron chi connectivity index (χ2n) is 3.82. The molecule has 21 heavy (non-hydrogen) atoms. The Labute approximate surface area is 125 Å². The third-order valence-corrected chi connectivity index (χ3v) is 3.01. The number of non-ortho nitro benzene ring substituents is 1. The molecule has 2 N–H and O–H groups in total. The van der Waals surface area contributed by atoms with E-state index in [1.165, 1.54) is 18.2 Å². The van der Waals surface area contributed by atoms with Crippen LogP contribution in [0.1, 0.15) is 0 Å². The third kappa shape index (κ3) is 3.42. The first kappa shape index (κ1) is 14.7. The number of nitro benzene ring substituents is 1. The molecule has 0 saturated heterocycles. The van der Waals surface area contributed by atoms with E-state index in [4.69, 9.17) is 10.5 Å². The largest absolute Gasteiger partial charge is 0.437 e. The minimum atomic E-state index is -0.645. The highest BCUT2D eigenvalue weighted by Gasteiger charge is 2.15. The van der Waals surface area contributed by atoms with Crippen molar-refractivity contribution in [3.8, 4) is 11.6 Å². The van der Waals surface area contributed by atoms with Gasteiger partial charge in [-0.25, -0.2) is 0 Å². The summed E-state index contributed by atoms with van der Waals surface area (Å²) in [6.45, 7) is 0. The number of benzene rings is 1. The number of halogens is 1. The van der Waals surface area contributed by atoms with Gasteiger partial charge < -0.3 is 10.5 Å². The summed E-state index contributed by atoms with van der Waals surface area (Å²) in [5.41, 5.74) is 4.97. The average Bonchev–Trinajstić information content (AvgIpc) is 2.40. The third-order valence-electron chi connectivity index (χ3n) is 2.36. The highest BCUT2D eigenvalue weighted by atomic mass is 79.9. The van der Waals surface area contributed by atoms with Crippen LogP contribution in [-0.2, 0) is 0 Å². The normalized spacial score (nSPS) is 10.1. The molecule has 9 nitrogen and oxygen atoms in total. The Hall–Kier alpha value is -2.75. The van der Waals surface area contributed by atoms with Crippen molar-refractivity contribution >= 4 is 33.1 Å². The molecule has 2 rings (SSSR count). The number of nitrogens with zero attached hydrogens (tertiary/aromatic N) is 3. The van der Waals surface area contributed by atoms with Crippen LogP contribution in [0.4, 0.5) is 17.2 Å². The van der Waals surface area contributed by atoms with E-state index >= 15 is 0 Å². The van der Waals surface area contributed by atoms with E-state index in [1.807, 2.05) is 0 Å². The van der Waals surface area contributed by atoms with E-state index in [2.05, 4.69) is 20.9 Å². The van der Waals surface area contributed by atoms with E-state index in [-0.39, 0.29) is 28.8 Å². The van der Waals surface area contributed by atoms with Crippen LogP contribution >= 0.6 is 15.9 Å². The lowest BCUT2D eigenvalue weighted by Crippen LogP contribution is -1.98. The molecule has 1 aromatic heterocycles. The van der Waals surface area contributed by atoms with Gasteiger partial charge in [0.25, 0.3) is 11.4 Å². The summed E-state index contributed by atoms with van der Waals surface area (Å²) in [4.78, 5) is 24.0. The van der Waals surface area contributed by atoms with Crippen LogP contribution < -0.4 is 10.5 Å². The molecular weight excluding hydrogens is 348 g/mol. The molecule has 0 aliphatic rings. The summed E-state index contributed by atoms with van der Waals surface area (Å²) in [7, 11) is 0. The van der Waals surface area contributed by atoms with Crippen LogP contribution in [0.2, 0.25) is 0 Å². The number of nitrogen functional groups attached to an aromatic ring is 1. The molecule has 10 heteroatoms. The van der Waals surface area contributed by atoms with Gasteiger partial charge in [-0.3, -0.25) is 20.2 Å². The zero-order chi connectivity index (χ0) is 15.6. The molecule has 0 unspecified atom stereocenters. The van der Waals surface area contributed by atoms with Gasteiger partial charge in [0, 0.05) is 6.07 Å². The molecule has 0 saturated carbocycles. The minimum absolute atomic E-state index is 0.0941. The number of aromatic nitrogens is 1. The monoisotopic (exact) mass is 354 g/mol. The smallest absolute Gasteiger partial charge is 0.278 e. The SMILES string of the molecule is Nc1cc([N+](=O)[O-])cc(Oc2cc([N+](=O)[O-])ccc2Br)n1. The molecule has 0 bridgehead atoms. The number of nitro groups is 2. The first-order valence-corrected chi connectivity index (χ1v) is 6.20. The summed E-state index contributed by atoms with van der Waals surface area (Å²) in [6, 6.07) is 6.03. The Morgan fingerprint density at radius 2 is 1.76 bits per heavy atom. The topological polar surface area (TPSA) is 134 Å². The zero-order valence-corrected chi connectivity index (χ0v) is 11.8. The van der Waals surface area contributed by atoms with Crippen LogP contribution in [0.3, 0.4) is 0 Å². The van der Waals surface area contributed by atoms with Crippen molar-refractivity contribution in [3.63, 3.8) is 0 Å². The fraction of sp³-hybridized carbons (Fsp3) is 0. The molecule has 1 heterocycles. The second kappa shape index (κ2) is 5.71. The molecule has 0 amide bonds. The van der Waals surface area contributed by atoms with Gasteiger partial charge in [-0.1, -0.05) is 0 Å². The van der Waals surface area contributed by atoms with E-state index in [9.17, 15) is 20.2 Å². The quantitative estimate of drug-likeness (QED) is 0.658. The molecule has 0 aliphatic carbocycles. The van der Waals surface area contributed by atoms with Crippen molar-refractivity contribution in [2.24, 2.45) is 0 Å². The molecule has 0 spiro atoms. The van der Waals surface area contributed by atoms with Gasteiger partial charge in [-0.2, -0.15) is 4.98 Å². The number of anilines is 1. The number of ether oxygens (including phenoxy) is 1. The van der Waals surface area contributed by atoms with Crippen LogP contribution in [0, 0.1) is 20.2 Å². The van der Waals surface area contributed by atoms with E-state index in [0.29, 0.717) is 4.47 Å². The number of nitrogens with two attached hydrogens (primary N) is 1. The zero-order valence-electron chi connectivity index (χ0n) is 10.2. The summed E-state index contributed by atoms with van der Waals surface area (Å²) in [5.74, 6) is -0.139. The lowest BCUT2D eigenvalue weighted by molar-refractivity contribution is -0.384. The van der Waals surface area contributed by atoms with E-state index in [0.717, 1.165) is 12.1 Å². The standard InChI is InChI=1S/C11H7BrN4O5/c12-8-2-1-6(15(17)18)3-9(8)21-11-5-7(16(19)20)4-10(13)14-11/h1-5H,(H2,13,14). The second-order valence-corrected chi connectivity index (χ2v) is 4.67. The Bertz CT molecular complexity index is 737. The lowest BCUT2D eigenvalue weighted by atomic mass is 10.3. The van der Waals surface area contributed by atoms with Gasteiger partial charge in [-0.05, 0) is 22.0 Å². The van der Waals surface area contributed by atoms with Crippen molar-refractivity contribution in [1.82, 2.24) is 4.98 Å². The number of rotatable bonds is 4. The fourth-order valence-electron chi connectivity index (χ4n) is 1.47. The Kier molecular flexibility index (Phi) is 3.98. The van der Waals surface area contributed by atoms with Crippen LogP contribution in [0.25, 0.3) is 0 Å². The molecule has 0 fully saturated rings. The first-order valence-electron chi connectivity index (χ1n) is 5.40.